The molecule has 8 heteroatoms. The predicted octanol–water partition coefficient (Wildman–Crippen LogP) is 2.48. The van der Waals surface area contributed by atoms with Gasteiger partial charge < -0.3 is 10.6 Å². The van der Waals surface area contributed by atoms with Gasteiger partial charge in [0, 0.05) is 12.6 Å². The average Bonchev–Trinajstić information content (AvgIpc) is 2.42. The molecule has 0 atom stereocenters. The Hall–Kier alpha value is -2.54. The summed E-state index contributed by atoms with van der Waals surface area (Å²) in [5, 5.41) is 12.1. The van der Waals surface area contributed by atoms with Crippen LogP contribution in [0.2, 0.25) is 5.15 Å². The van der Waals surface area contributed by atoms with Gasteiger partial charge in [-0.2, -0.15) is 0 Å². The number of hydrogen-bond acceptors (Lipinski definition) is 4. The Morgan fingerprint density at radius 2 is 1.90 bits per heavy atom. The van der Waals surface area contributed by atoms with Crippen molar-refractivity contribution < 1.29 is 14.0 Å². The summed E-state index contributed by atoms with van der Waals surface area (Å²) in [7, 11) is 0. The average molecular weight is 309 g/mol. The smallest absolute Gasteiger partial charge is 0.276 e. The summed E-state index contributed by atoms with van der Waals surface area (Å²) in [5.41, 5.74) is 0.271. The van der Waals surface area contributed by atoms with Gasteiger partial charge in [0.2, 0.25) is 5.91 Å². The monoisotopic (exact) mass is 308 g/mol. The SMILES string of the molecule is CC(=O)Nc1ccc(F)c(NC(=O)c2ccc(Cl)nn2)c1. The molecule has 21 heavy (non-hydrogen) atoms. The van der Waals surface area contributed by atoms with E-state index in [1.807, 2.05) is 0 Å². The van der Waals surface area contributed by atoms with Crippen LogP contribution in [0.3, 0.4) is 0 Å². The molecule has 1 aromatic carbocycles. The van der Waals surface area contributed by atoms with Gasteiger partial charge in [0.05, 0.1) is 5.69 Å². The lowest BCUT2D eigenvalue weighted by Gasteiger charge is -2.08. The fourth-order valence-electron chi connectivity index (χ4n) is 1.53. The molecule has 0 aliphatic carbocycles. The predicted molar refractivity (Wildman–Crippen MR) is 75.7 cm³/mol. The minimum Gasteiger partial charge on any atom is -0.326 e. The van der Waals surface area contributed by atoms with Gasteiger partial charge in [0.25, 0.3) is 5.91 Å². The normalized spacial score (nSPS) is 10.0. The van der Waals surface area contributed by atoms with Crippen LogP contribution in [0.25, 0.3) is 0 Å². The maximum absolute atomic E-state index is 13.7. The number of nitrogens with zero attached hydrogens (tertiary/aromatic N) is 2. The first-order valence-corrected chi connectivity index (χ1v) is 6.21. The quantitative estimate of drug-likeness (QED) is 0.912. The molecule has 0 aliphatic rings. The van der Waals surface area contributed by atoms with Crippen molar-refractivity contribution in [1.29, 1.82) is 0 Å². The summed E-state index contributed by atoms with van der Waals surface area (Å²) in [6.07, 6.45) is 0. The first-order chi connectivity index (χ1) is 9.95. The summed E-state index contributed by atoms with van der Waals surface area (Å²) < 4.78 is 13.7. The van der Waals surface area contributed by atoms with Crippen molar-refractivity contribution in [1.82, 2.24) is 10.2 Å². The van der Waals surface area contributed by atoms with E-state index in [1.54, 1.807) is 0 Å². The maximum Gasteiger partial charge on any atom is 0.276 e. The lowest BCUT2D eigenvalue weighted by molar-refractivity contribution is -0.114. The zero-order chi connectivity index (χ0) is 15.4. The molecule has 2 amide bonds. The van der Waals surface area contributed by atoms with Crippen molar-refractivity contribution in [3.05, 3.63) is 47.0 Å². The van der Waals surface area contributed by atoms with Gasteiger partial charge in [-0.15, -0.1) is 10.2 Å². The Balaban J connectivity index is 2.20. The third-order valence-corrected chi connectivity index (χ3v) is 2.60. The largest absolute Gasteiger partial charge is 0.326 e. The van der Waals surface area contributed by atoms with Crippen molar-refractivity contribution in [2.45, 2.75) is 6.92 Å². The van der Waals surface area contributed by atoms with Crippen molar-refractivity contribution in [2.24, 2.45) is 0 Å². The molecule has 0 unspecified atom stereocenters. The van der Waals surface area contributed by atoms with Gasteiger partial charge in [0.1, 0.15) is 5.82 Å². The standard InChI is InChI=1S/C13H10ClFN4O2/c1-7(20)16-8-2-3-9(15)11(6-8)17-13(21)10-4-5-12(14)19-18-10/h2-6H,1H3,(H,16,20)(H,17,21). The number of rotatable bonds is 3. The number of amides is 2. The number of aromatic nitrogens is 2. The molecule has 0 aliphatic heterocycles. The van der Waals surface area contributed by atoms with Crippen molar-refractivity contribution in [3.63, 3.8) is 0 Å². The minimum absolute atomic E-state index is 0.0104. The zero-order valence-corrected chi connectivity index (χ0v) is 11.6. The number of carbonyl (C=O) groups is 2. The summed E-state index contributed by atoms with van der Waals surface area (Å²) >= 11 is 5.57. The summed E-state index contributed by atoms with van der Waals surface area (Å²) in [6.45, 7) is 1.32. The molecule has 0 radical (unpaired) electrons. The van der Waals surface area contributed by atoms with E-state index in [0.29, 0.717) is 5.69 Å². The Kier molecular flexibility index (Phi) is 4.44. The van der Waals surface area contributed by atoms with E-state index in [-0.39, 0.29) is 22.4 Å². The Labute approximate surface area is 124 Å². The lowest BCUT2D eigenvalue weighted by atomic mass is 10.2. The molecule has 2 aromatic rings. The number of nitrogens with one attached hydrogen (secondary N) is 2. The summed E-state index contributed by atoms with van der Waals surface area (Å²) in [5.74, 6) is -1.58. The second-order valence-electron chi connectivity index (χ2n) is 4.07. The number of benzene rings is 1. The van der Waals surface area contributed by atoms with Crippen molar-refractivity contribution >= 4 is 34.8 Å². The van der Waals surface area contributed by atoms with E-state index in [9.17, 15) is 14.0 Å². The first kappa shape index (κ1) is 14.9. The topological polar surface area (TPSA) is 84.0 Å². The third kappa shape index (κ3) is 3.96. The second kappa shape index (κ2) is 6.27. The van der Waals surface area contributed by atoms with E-state index in [2.05, 4.69) is 20.8 Å². The van der Waals surface area contributed by atoms with Crippen LogP contribution in [0, 0.1) is 5.82 Å². The third-order valence-electron chi connectivity index (χ3n) is 2.40. The summed E-state index contributed by atoms with van der Waals surface area (Å²) in [4.78, 5) is 22.9. The van der Waals surface area contributed by atoms with E-state index in [1.165, 1.54) is 31.2 Å². The van der Waals surface area contributed by atoms with Crippen LogP contribution in [-0.2, 0) is 4.79 Å². The molecule has 0 saturated heterocycles. The molecule has 0 fully saturated rings. The molecule has 0 saturated carbocycles. The molecule has 2 N–H and O–H groups in total. The number of anilines is 2. The van der Waals surface area contributed by atoms with E-state index in [4.69, 9.17) is 11.6 Å². The highest BCUT2D eigenvalue weighted by atomic mass is 35.5. The van der Waals surface area contributed by atoms with Gasteiger partial charge in [-0.3, -0.25) is 9.59 Å². The van der Waals surface area contributed by atoms with Crippen LogP contribution < -0.4 is 10.6 Å². The Morgan fingerprint density at radius 3 is 2.52 bits per heavy atom. The minimum atomic E-state index is -0.641. The highest BCUT2D eigenvalue weighted by Gasteiger charge is 2.12. The van der Waals surface area contributed by atoms with Gasteiger partial charge in [-0.25, -0.2) is 4.39 Å². The van der Waals surface area contributed by atoms with Crippen LogP contribution in [0.15, 0.2) is 30.3 Å². The van der Waals surface area contributed by atoms with Gasteiger partial charge in [-0.1, -0.05) is 11.6 Å². The summed E-state index contributed by atoms with van der Waals surface area (Å²) in [6, 6.07) is 6.58. The number of hydrogen-bond donors (Lipinski definition) is 2. The van der Waals surface area contributed by atoms with Gasteiger partial charge in [0.15, 0.2) is 10.8 Å². The van der Waals surface area contributed by atoms with Crippen molar-refractivity contribution in [3.8, 4) is 0 Å². The van der Waals surface area contributed by atoms with Crippen LogP contribution >= 0.6 is 11.6 Å². The number of carbonyl (C=O) groups excluding carboxylic acids is 2. The molecule has 1 heterocycles. The van der Waals surface area contributed by atoms with Crippen LogP contribution in [0.5, 0.6) is 0 Å². The molecule has 1 aromatic heterocycles. The maximum atomic E-state index is 13.7. The molecular weight excluding hydrogens is 299 g/mol. The van der Waals surface area contributed by atoms with Crippen LogP contribution in [0.4, 0.5) is 15.8 Å². The van der Waals surface area contributed by atoms with Crippen LogP contribution in [0.1, 0.15) is 17.4 Å². The number of halogens is 2. The molecule has 6 nitrogen and oxygen atoms in total. The molecular formula is C13H10ClFN4O2. The highest BCUT2D eigenvalue weighted by Crippen LogP contribution is 2.20. The molecule has 108 valence electrons. The zero-order valence-electron chi connectivity index (χ0n) is 10.9. The van der Waals surface area contributed by atoms with Crippen LogP contribution in [-0.4, -0.2) is 22.0 Å². The Morgan fingerprint density at radius 1 is 1.14 bits per heavy atom. The highest BCUT2D eigenvalue weighted by molar-refractivity contribution is 6.29. The Bertz CT molecular complexity index is 691. The van der Waals surface area contributed by atoms with Gasteiger partial charge in [-0.05, 0) is 30.3 Å². The van der Waals surface area contributed by atoms with Crippen molar-refractivity contribution in [2.75, 3.05) is 10.6 Å². The van der Waals surface area contributed by atoms with E-state index < -0.39 is 11.7 Å². The first-order valence-electron chi connectivity index (χ1n) is 5.83. The molecule has 2 rings (SSSR count). The second-order valence-corrected chi connectivity index (χ2v) is 4.46. The van der Waals surface area contributed by atoms with Gasteiger partial charge >= 0.3 is 0 Å². The fraction of sp³-hybridized carbons (Fsp3) is 0.0769. The molecule has 0 bridgehead atoms. The fourth-order valence-corrected chi connectivity index (χ4v) is 1.63. The van der Waals surface area contributed by atoms with E-state index in [0.717, 1.165) is 6.07 Å². The lowest BCUT2D eigenvalue weighted by Crippen LogP contribution is -2.15. The van der Waals surface area contributed by atoms with E-state index >= 15 is 0 Å². The molecule has 0 spiro atoms.